The zero-order valence-corrected chi connectivity index (χ0v) is 57.7. The molecule has 0 spiro atoms. The van der Waals surface area contributed by atoms with Gasteiger partial charge in [0.2, 0.25) is 23.6 Å². The molecule has 0 aliphatic heterocycles. The van der Waals surface area contributed by atoms with Crippen LogP contribution in [0.15, 0.2) is 206 Å². The minimum Gasteiger partial charge on any atom is -0.497 e. The second kappa shape index (κ2) is 38.3. The van der Waals surface area contributed by atoms with Gasteiger partial charge in [0.15, 0.2) is 0 Å². The molecule has 530 valence electrons. The van der Waals surface area contributed by atoms with Crippen molar-refractivity contribution in [2.75, 3.05) is 88.5 Å². The number of hydrogen-bond donors (Lipinski definition) is 6. The second-order valence-corrected chi connectivity index (χ2v) is 23.3. The molecule has 22 nitrogen and oxygen atoms in total. The van der Waals surface area contributed by atoms with Crippen LogP contribution in [0.1, 0.15) is 89.0 Å². The predicted octanol–water partition coefficient (Wildman–Crippen LogP) is 9.41. The third-order valence-corrected chi connectivity index (χ3v) is 17.0. The van der Waals surface area contributed by atoms with Crippen LogP contribution in [-0.2, 0) is 63.7 Å². The van der Waals surface area contributed by atoms with E-state index in [1.54, 1.807) is 28.4 Å². The first-order valence-corrected chi connectivity index (χ1v) is 33.2. The van der Waals surface area contributed by atoms with Crippen LogP contribution in [0.3, 0.4) is 0 Å². The molecule has 2 atom stereocenters. The molecule has 8 aromatic rings. The Kier molecular flexibility index (Phi) is 28.7. The minimum absolute atomic E-state index is 0.000637. The third kappa shape index (κ3) is 20.5. The van der Waals surface area contributed by atoms with Crippen LogP contribution in [0.25, 0.3) is 11.1 Å². The lowest BCUT2D eigenvalue weighted by molar-refractivity contribution is -0.156. The summed E-state index contributed by atoms with van der Waals surface area (Å²) in [6.45, 7) is 0.00785. The van der Waals surface area contributed by atoms with Gasteiger partial charge < -0.3 is 74.9 Å². The van der Waals surface area contributed by atoms with E-state index in [0.717, 1.165) is 55.6 Å². The van der Waals surface area contributed by atoms with Crippen molar-refractivity contribution in [3.8, 4) is 34.1 Å². The van der Waals surface area contributed by atoms with Gasteiger partial charge in [-0.15, -0.1) is 0 Å². The average Bonchev–Trinajstić information content (AvgIpc) is 1.01. The van der Waals surface area contributed by atoms with Crippen LogP contribution in [0.2, 0.25) is 0 Å². The number of methoxy groups -OCH3 is 4. The van der Waals surface area contributed by atoms with Crippen molar-refractivity contribution in [2.24, 2.45) is 5.73 Å². The molecule has 22 heteroatoms. The van der Waals surface area contributed by atoms with E-state index >= 15 is 0 Å². The lowest BCUT2D eigenvalue weighted by atomic mass is 9.80. The number of alkyl carbamates (subject to hydrolysis) is 1. The van der Waals surface area contributed by atoms with Crippen molar-refractivity contribution < 1.29 is 76.2 Å². The summed E-state index contributed by atoms with van der Waals surface area (Å²) in [5, 5.41) is 13.2. The number of amides is 5. The van der Waals surface area contributed by atoms with E-state index in [1.165, 1.54) is 14.1 Å². The monoisotopic (exact) mass is 1380 g/mol. The van der Waals surface area contributed by atoms with E-state index in [4.69, 9.17) is 48.4 Å². The topological polar surface area (TPSA) is 289 Å². The molecular formula is C79H88N6O16. The Balaban J connectivity index is 0.000000272. The number of carbonyl (C=O) groups excluding carboxylic acids is 7. The van der Waals surface area contributed by atoms with E-state index in [0.29, 0.717) is 23.0 Å². The van der Waals surface area contributed by atoms with Crippen molar-refractivity contribution in [1.29, 1.82) is 0 Å². The van der Waals surface area contributed by atoms with Crippen LogP contribution < -0.4 is 51.3 Å². The van der Waals surface area contributed by atoms with Crippen LogP contribution in [0, 0.1) is 0 Å². The van der Waals surface area contributed by atoms with Gasteiger partial charge in [-0.25, -0.2) is 4.79 Å². The summed E-state index contributed by atoms with van der Waals surface area (Å²) in [6.07, 6.45) is -2.77. The number of nitrogens with one attached hydrogen (secondary N) is 5. The summed E-state index contributed by atoms with van der Waals surface area (Å²) in [4.78, 5) is 87.5. The number of nitrogens with two attached hydrogens (primary N) is 1. The highest BCUT2D eigenvalue weighted by Gasteiger charge is 2.41. The van der Waals surface area contributed by atoms with Gasteiger partial charge in [0.1, 0.15) is 53.0 Å². The highest BCUT2D eigenvalue weighted by molar-refractivity contribution is 5.83. The van der Waals surface area contributed by atoms with Crippen LogP contribution in [0.5, 0.6) is 23.0 Å². The summed E-state index contributed by atoms with van der Waals surface area (Å²) >= 11 is 0. The van der Waals surface area contributed by atoms with Gasteiger partial charge in [0.25, 0.3) is 0 Å². The molecule has 0 fully saturated rings. The zero-order chi connectivity index (χ0) is 72.0. The normalized spacial score (nSPS) is 12.1. The van der Waals surface area contributed by atoms with Gasteiger partial charge in [-0.3, -0.25) is 28.8 Å². The molecule has 5 amide bonds. The van der Waals surface area contributed by atoms with Crippen molar-refractivity contribution in [3.05, 3.63) is 251 Å². The van der Waals surface area contributed by atoms with E-state index in [9.17, 15) is 33.6 Å². The number of rotatable bonds is 35. The number of hydrogen-bond acceptors (Lipinski definition) is 17. The average molecular weight is 1380 g/mol. The van der Waals surface area contributed by atoms with Gasteiger partial charge in [0, 0.05) is 58.8 Å². The number of fused-ring (bicyclic) bond motifs is 3. The lowest BCUT2D eigenvalue weighted by Gasteiger charge is -2.37. The SMILES string of the molecule is CNC(=O)CCC(=O)OC(CNC(=O)CCN)COC(c1ccccc1)(c1ccc(OC)cc1)c1ccc(OC)cc1.CNC(=O)CCC(=O)OC(CNC(=O)CCNC(=O)OCC1c2ccccc2-c2ccccc21)COC(c1ccccc1)(c1ccc(OC)cc1)c1ccc(OC)cc1. The smallest absolute Gasteiger partial charge is 0.407 e. The Hall–Kier alpha value is -11.1. The molecule has 1 aliphatic carbocycles. The number of ether oxygens (including phenoxy) is 9. The largest absolute Gasteiger partial charge is 0.497 e. The van der Waals surface area contributed by atoms with Gasteiger partial charge in [0.05, 0.1) is 67.6 Å². The first kappa shape index (κ1) is 75.7. The minimum atomic E-state index is -1.22. The summed E-state index contributed by atoms with van der Waals surface area (Å²) in [7, 11) is 9.37. The van der Waals surface area contributed by atoms with Crippen molar-refractivity contribution in [1.82, 2.24) is 26.6 Å². The molecule has 9 rings (SSSR count). The molecule has 8 aromatic carbocycles. The summed E-state index contributed by atoms with van der Waals surface area (Å²) in [5.74, 6) is 0.109. The maximum absolute atomic E-state index is 13.1. The van der Waals surface area contributed by atoms with Gasteiger partial charge in [-0.05, 0) is 104 Å². The third-order valence-electron chi connectivity index (χ3n) is 17.0. The van der Waals surface area contributed by atoms with Crippen molar-refractivity contribution >= 4 is 41.7 Å². The van der Waals surface area contributed by atoms with Gasteiger partial charge in [-0.2, -0.15) is 0 Å². The molecule has 0 bridgehead atoms. The molecule has 7 N–H and O–H groups in total. The number of benzene rings is 8. The van der Waals surface area contributed by atoms with Crippen LogP contribution >= 0.6 is 0 Å². The Bertz CT molecular complexity index is 3830. The van der Waals surface area contributed by atoms with E-state index in [2.05, 4.69) is 38.7 Å². The Labute approximate surface area is 588 Å². The zero-order valence-electron chi connectivity index (χ0n) is 57.7. The molecule has 0 saturated heterocycles. The van der Waals surface area contributed by atoms with Crippen molar-refractivity contribution in [2.45, 2.75) is 67.9 Å². The van der Waals surface area contributed by atoms with E-state index < -0.39 is 47.3 Å². The van der Waals surface area contributed by atoms with Crippen LogP contribution in [-0.4, -0.2) is 142 Å². The Morgan fingerprint density at radius 1 is 0.396 bits per heavy atom. The molecule has 0 saturated carbocycles. The van der Waals surface area contributed by atoms with Crippen LogP contribution in [0.4, 0.5) is 4.79 Å². The molecule has 0 radical (unpaired) electrons. The fourth-order valence-corrected chi connectivity index (χ4v) is 11.7. The Morgan fingerprint density at radius 2 is 0.733 bits per heavy atom. The lowest BCUT2D eigenvalue weighted by Crippen LogP contribution is -2.42. The number of carbonyl (C=O) groups is 7. The maximum Gasteiger partial charge on any atom is 0.407 e. The fraction of sp³-hybridized carbons (Fsp3) is 0.304. The van der Waals surface area contributed by atoms with Crippen molar-refractivity contribution in [3.63, 3.8) is 0 Å². The summed E-state index contributed by atoms with van der Waals surface area (Å²) in [5.41, 5.74) is 12.4. The molecule has 1 aliphatic rings. The summed E-state index contributed by atoms with van der Waals surface area (Å²) in [6, 6.07) is 65.5. The summed E-state index contributed by atoms with van der Waals surface area (Å²) < 4.78 is 52.6. The van der Waals surface area contributed by atoms with Gasteiger partial charge >= 0.3 is 18.0 Å². The number of esters is 2. The predicted molar refractivity (Wildman–Crippen MR) is 380 cm³/mol. The van der Waals surface area contributed by atoms with E-state index in [-0.39, 0.29) is 108 Å². The molecule has 2 unspecified atom stereocenters. The standard InChI is InChI=1S/C47H49N3O9.C32H39N3O7/c1-48-43(51)25-26-45(53)59-37(29-50-44(52)27-28-49-46(54)57-31-42-40-15-9-7-13-38(40)39-14-8-10-16-41(39)42)30-58-47(32-11-5-4-6-12-32,33-17-21-35(55-2)22-18-33)34-19-23-36(56-3)24-20-34;1-34-29(36)17-18-31(38)42-28(21-35-30(37)19-20-33)22-41-32(23-7-5-4-6-8-23,24-9-13-26(39-2)14-10-24)25-11-15-27(40-3)16-12-25/h4-24,37,42H,25-31H2,1-3H3,(H,48,51)(H,49,54)(H,50,52);4-16,28H,17-22,33H2,1-3H3,(H,34,36)(H,35,37). The molecule has 101 heavy (non-hydrogen) atoms. The highest BCUT2D eigenvalue weighted by Crippen LogP contribution is 2.46. The second-order valence-electron chi connectivity index (χ2n) is 23.3. The molecule has 0 aromatic heterocycles. The first-order valence-electron chi connectivity index (χ1n) is 33.2. The van der Waals surface area contributed by atoms with Gasteiger partial charge in [-0.1, -0.05) is 158 Å². The first-order chi connectivity index (χ1) is 49.1. The quantitative estimate of drug-likeness (QED) is 0.0122. The maximum atomic E-state index is 13.1. The van der Waals surface area contributed by atoms with E-state index in [1.807, 2.05) is 194 Å². The fourth-order valence-electron chi connectivity index (χ4n) is 11.7. The Morgan fingerprint density at radius 3 is 1.08 bits per heavy atom. The highest BCUT2D eigenvalue weighted by atomic mass is 16.6. The molecular weight excluding hydrogens is 1290 g/mol. The molecule has 0 heterocycles.